The summed E-state index contributed by atoms with van der Waals surface area (Å²) in [7, 11) is 0. The molecule has 0 radical (unpaired) electrons. The van der Waals surface area contributed by atoms with Gasteiger partial charge in [-0.1, -0.05) is 29.3 Å². The predicted octanol–water partition coefficient (Wildman–Crippen LogP) is 4.60. The molecule has 0 unspecified atom stereocenters. The van der Waals surface area contributed by atoms with Crippen LogP contribution in [0.25, 0.3) is 0 Å². The van der Waals surface area contributed by atoms with Crippen LogP contribution in [0.2, 0.25) is 10.0 Å². The van der Waals surface area contributed by atoms with Crippen molar-refractivity contribution < 1.29 is 9.13 Å². The summed E-state index contributed by atoms with van der Waals surface area (Å²) >= 11 is 12.0. The molecule has 0 bridgehead atoms. The molecule has 2 rings (SSSR count). The van der Waals surface area contributed by atoms with Crippen LogP contribution in [0.1, 0.15) is 11.1 Å². The quantitative estimate of drug-likeness (QED) is 0.841. The summed E-state index contributed by atoms with van der Waals surface area (Å²) in [4.78, 5) is 0. The maximum Gasteiger partial charge on any atom is 0.157 e. The lowest BCUT2D eigenvalue weighted by Gasteiger charge is -2.12. The first kappa shape index (κ1) is 14.0. The summed E-state index contributed by atoms with van der Waals surface area (Å²) in [6.07, 6.45) is 0. The summed E-state index contributed by atoms with van der Waals surface area (Å²) in [6.45, 7) is 2.07. The van der Waals surface area contributed by atoms with Crippen molar-refractivity contribution in [1.82, 2.24) is 0 Å². The molecule has 0 atom stereocenters. The molecule has 2 aromatic rings. The lowest BCUT2D eigenvalue weighted by molar-refractivity contribution is 0.305. The summed E-state index contributed by atoms with van der Waals surface area (Å²) in [5, 5.41) is 0.665. The number of aryl methyl sites for hydroxylation is 1. The monoisotopic (exact) mass is 299 g/mol. The first-order valence-corrected chi connectivity index (χ1v) is 6.35. The third kappa shape index (κ3) is 3.31. The largest absolute Gasteiger partial charge is 0.486 e. The fourth-order valence-electron chi connectivity index (χ4n) is 1.66. The van der Waals surface area contributed by atoms with Crippen LogP contribution in [-0.2, 0) is 6.61 Å². The lowest BCUT2D eigenvalue weighted by atomic mass is 10.1. The van der Waals surface area contributed by atoms with Gasteiger partial charge in [0.15, 0.2) is 5.75 Å². The highest BCUT2D eigenvalue weighted by Gasteiger charge is 2.10. The van der Waals surface area contributed by atoms with E-state index in [9.17, 15) is 4.39 Å². The minimum atomic E-state index is -0.307. The molecule has 0 saturated carbocycles. The minimum absolute atomic E-state index is 0.187. The Hall–Kier alpha value is -1.45. The minimum Gasteiger partial charge on any atom is -0.486 e. The van der Waals surface area contributed by atoms with Crippen molar-refractivity contribution in [1.29, 1.82) is 0 Å². The lowest BCUT2D eigenvalue weighted by Crippen LogP contribution is -2.00. The van der Waals surface area contributed by atoms with Crippen molar-refractivity contribution in [3.8, 4) is 5.75 Å². The van der Waals surface area contributed by atoms with E-state index in [0.29, 0.717) is 21.5 Å². The number of hydrogen-bond donors (Lipinski definition) is 1. The number of ether oxygens (including phenoxy) is 1. The summed E-state index contributed by atoms with van der Waals surface area (Å²) in [5.41, 5.74) is 7.74. The van der Waals surface area contributed by atoms with E-state index in [-0.39, 0.29) is 12.4 Å². The third-order valence-electron chi connectivity index (χ3n) is 2.70. The van der Waals surface area contributed by atoms with Crippen molar-refractivity contribution in [2.24, 2.45) is 0 Å². The van der Waals surface area contributed by atoms with Crippen molar-refractivity contribution >= 4 is 28.9 Å². The summed E-state index contributed by atoms with van der Waals surface area (Å²) < 4.78 is 18.7. The van der Waals surface area contributed by atoms with E-state index in [0.717, 1.165) is 11.1 Å². The van der Waals surface area contributed by atoms with E-state index in [2.05, 4.69) is 0 Å². The van der Waals surface area contributed by atoms with Gasteiger partial charge in [-0.15, -0.1) is 0 Å². The fourth-order valence-corrected chi connectivity index (χ4v) is 2.28. The van der Waals surface area contributed by atoms with Gasteiger partial charge in [-0.05, 0) is 42.3 Å². The summed E-state index contributed by atoms with van der Waals surface area (Å²) in [6, 6.07) is 7.64. The topological polar surface area (TPSA) is 35.2 Å². The molecule has 0 aliphatic heterocycles. The van der Waals surface area contributed by atoms with Crippen LogP contribution >= 0.6 is 23.2 Å². The van der Waals surface area contributed by atoms with E-state index in [4.69, 9.17) is 33.7 Å². The van der Waals surface area contributed by atoms with E-state index < -0.39 is 0 Å². The average molecular weight is 300 g/mol. The van der Waals surface area contributed by atoms with Crippen LogP contribution in [0, 0.1) is 12.7 Å². The van der Waals surface area contributed by atoms with Crippen LogP contribution < -0.4 is 10.5 Å². The Morgan fingerprint density at radius 3 is 2.42 bits per heavy atom. The van der Waals surface area contributed by atoms with Crippen LogP contribution in [-0.4, -0.2) is 0 Å². The zero-order valence-corrected chi connectivity index (χ0v) is 11.7. The Labute approximate surface area is 120 Å². The number of hydrogen-bond acceptors (Lipinski definition) is 2. The van der Waals surface area contributed by atoms with E-state index >= 15 is 0 Å². The Bertz CT molecular complexity index is 593. The van der Waals surface area contributed by atoms with Crippen LogP contribution in [0.3, 0.4) is 0 Å². The third-order valence-corrected chi connectivity index (χ3v) is 3.27. The van der Waals surface area contributed by atoms with Gasteiger partial charge in [0, 0.05) is 5.69 Å². The Morgan fingerprint density at radius 1 is 1.16 bits per heavy atom. The Balaban J connectivity index is 2.21. The van der Waals surface area contributed by atoms with Crippen LogP contribution in [0.15, 0.2) is 30.3 Å². The zero-order valence-electron chi connectivity index (χ0n) is 10.2. The van der Waals surface area contributed by atoms with Gasteiger partial charge in [0.1, 0.15) is 12.4 Å². The Kier molecular flexibility index (Phi) is 4.17. The molecule has 0 heterocycles. The van der Waals surface area contributed by atoms with Crippen molar-refractivity contribution in [3.05, 3.63) is 57.3 Å². The van der Waals surface area contributed by atoms with Crippen molar-refractivity contribution in [2.75, 3.05) is 5.73 Å². The molecule has 0 amide bonds. The highest BCUT2D eigenvalue weighted by atomic mass is 35.5. The second kappa shape index (κ2) is 5.68. The molecular weight excluding hydrogens is 288 g/mol. The zero-order chi connectivity index (χ0) is 14.0. The van der Waals surface area contributed by atoms with Gasteiger partial charge in [0.25, 0.3) is 0 Å². The molecule has 0 spiro atoms. The second-order valence-electron chi connectivity index (χ2n) is 4.17. The van der Waals surface area contributed by atoms with Gasteiger partial charge >= 0.3 is 0 Å². The molecule has 0 saturated heterocycles. The molecule has 0 aliphatic carbocycles. The molecule has 19 heavy (non-hydrogen) atoms. The molecule has 0 aromatic heterocycles. The molecule has 100 valence electrons. The van der Waals surface area contributed by atoms with Crippen molar-refractivity contribution in [2.45, 2.75) is 13.5 Å². The van der Waals surface area contributed by atoms with Crippen molar-refractivity contribution in [3.63, 3.8) is 0 Å². The Morgan fingerprint density at radius 2 is 1.79 bits per heavy atom. The number of benzene rings is 2. The average Bonchev–Trinajstić information content (AvgIpc) is 2.32. The van der Waals surface area contributed by atoms with Gasteiger partial charge < -0.3 is 10.5 Å². The highest BCUT2D eigenvalue weighted by Crippen LogP contribution is 2.35. The van der Waals surface area contributed by atoms with Gasteiger partial charge in [0.2, 0.25) is 0 Å². The molecule has 2 N–H and O–H groups in total. The number of nitrogen functional groups attached to an aromatic ring is 1. The smallest absolute Gasteiger partial charge is 0.157 e. The van der Waals surface area contributed by atoms with E-state index in [1.54, 1.807) is 18.2 Å². The molecule has 0 aliphatic rings. The normalized spacial score (nSPS) is 10.5. The van der Waals surface area contributed by atoms with E-state index in [1.807, 2.05) is 6.92 Å². The van der Waals surface area contributed by atoms with Crippen LogP contribution in [0.5, 0.6) is 5.75 Å². The first-order valence-electron chi connectivity index (χ1n) is 5.59. The SMILES string of the molecule is Cc1ccc(F)cc1COc1c(Cl)cc(N)cc1Cl. The number of halogens is 3. The summed E-state index contributed by atoms with van der Waals surface area (Å²) in [5.74, 6) is 0.0416. The number of anilines is 1. The maximum atomic E-state index is 13.2. The van der Waals surface area contributed by atoms with Gasteiger partial charge in [-0.2, -0.15) is 0 Å². The first-order chi connectivity index (χ1) is 8.97. The maximum absolute atomic E-state index is 13.2. The van der Waals surface area contributed by atoms with Crippen LogP contribution in [0.4, 0.5) is 10.1 Å². The molecule has 2 nitrogen and oxygen atoms in total. The second-order valence-corrected chi connectivity index (χ2v) is 4.99. The molecular formula is C14H12Cl2FNO. The van der Waals surface area contributed by atoms with Gasteiger partial charge in [-0.3, -0.25) is 0 Å². The van der Waals surface area contributed by atoms with Gasteiger partial charge in [0.05, 0.1) is 10.0 Å². The number of rotatable bonds is 3. The van der Waals surface area contributed by atoms with Gasteiger partial charge in [-0.25, -0.2) is 4.39 Å². The molecule has 0 fully saturated rings. The number of nitrogens with two attached hydrogens (primary N) is 1. The predicted molar refractivity (Wildman–Crippen MR) is 76.3 cm³/mol. The fraction of sp³-hybridized carbons (Fsp3) is 0.143. The molecule has 5 heteroatoms. The molecule has 2 aromatic carbocycles. The highest BCUT2D eigenvalue weighted by molar-refractivity contribution is 6.37. The standard InChI is InChI=1S/C14H12Cl2FNO/c1-8-2-3-10(17)4-9(8)7-19-14-12(15)5-11(18)6-13(14)16/h2-6H,7,18H2,1H3. The van der Waals surface area contributed by atoms with E-state index in [1.165, 1.54) is 12.1 Å².